The van der Waals surface area contributed by atoms with Gasteiger partial charge in [0.15, 0.2) is 11.4 Å². The van der Waals surface area contributed by atoms with E-state index in [4.69, 9.17) is 19.4 Å². The van der Waals surface area contributed by atoms with Crippen LogP contribution in [0.3, 0.4) is 0 Å². The molecule has 220 valence electrons. The molecule has 0 bridgehead atoms. The van der Waals surface area contributed by atoms with Gasteiger partial charge in [-0.05, 0) is 69.8 Å². The first-order valence-corrected chi connectivity index (χ1v) is 15.7. The van der Waals surface area contributed by atoms with Gasteiger partial charge < -0.3 is 4.42 Å². The molecule has 0 spiro atoms. The zero-order chi connectivity index (χ0) is 31.2. The maximum Gasteiger partial charge on any atom is 0.227 e. The highest BCUT2D eigenvalue weighted by atomic mass is 16.3. The van der Waals surface area contributed by atoms with Gasteiger partial charge in [-0.15, -0.1) is 0 Å². The second kappa shape index (κ2) is 11.2. The van der Waals surface area contributed by atoms with Gasteiger partial charge in [0.05, 0.1) is 11.4 Å². The number of hydrogen-bond acceptors (Lipinski definition) is 4. The van der Waals surface area contributed by atoms with Gasteiger partial charge in [-0.1, -0.05) is 121 Å². The van der Waals surface area contributed by atoms with Crippen LogP contribution in [0.5, 0.6) is 0 Å². The zero-order valence-electron chi connectivity index (χ0n) is 25.3. The second-order valence-electron chi connectivity index (χ2n) is 11.7. The van der Waals surface area contributed by atoms with Crippen molar-refractivity contribution in [2.24, 2.45) is 0 Å². The summed E-state index contributed by atoms with van der Waals surface area (Å²) in [6, 6.07) is 56.4. The molecular formula is C43H27N3O. The average molecular weight is 602 g/mol. The Balaban J connectivity index is 1.16. The van der Waals surface area contributed by atoms with E-state index in [2.05, 4.69) is 109 Å². The third-order valence-electron chi connectivity index (χ3n) is 8.69. The molecule has 0 aliphatic carbocycles. The fourth-order valence-corrected chi connectivity index (χ4v) is 6.26. The van der Waals surface area contributed by atoms with Gasteiger partial charge in [0.2, 0.25) is 5.89 Å². The predicted octanol–water partition coefficient (Wildman–Crippen LogP) is 11.3. The van der Waals surface area contributed by atoms with Gasteiger partial charge in [-0.2, -0.15) is 0 Å². The third kappa shape index (κ3) is 5.02. The Morgan fingerprint density at radius 1 is 0.362 bits per heavy atom. The van der Waals surface area contributed by atoms with Crippen molar-refractivity contribution in [2.75, 3.05) is 0 Å². The van der Waals surface area contributed by atoms with Crippen LogP contribution >= 0.6 is 0 Å². The molecule has 2 aromatic heterocycles. The minimum Gasteiger partial charge on any atom is -0.435 e. The van der Waals surface area contributed by atoms with Crippen molar-refractivity contribution in [2.45, 2.75) is 0 Å². The van der Waals surface area contributed by atoms with Crippen LogP contribution in [0.1, 0.15) is 0 Å². The molecule has 0 saturated carbocycles. The largest absolute Gasteiger partial charge is 0.435 e. The first-order valence-electron chi connectivity index (χ1n) is 15.7. The van der Waals surface area contributed by atoms with E-state index in [1.54, 1.807) is 0 Å². The molecule has 0 fully saturated rings. The quantitative estimate of drug-likeness (QED) is 0.197. The van der Waals surface area contributed by atoms with Gasteiger partial charge in [-0.3, -0.25) is 0 Å². The monoisotopic (exact) mass is 601 g/mol. The first-order chi connectivity index (χ1) is 23.2. The highest BCUT2D eigenvalue weighted by molar-refractivity contribution is 6.05. The van der Waals surface area contributed by atoms with Crippen molar-refractivity contribution in [3.8, 4) is 56.5 Å². The summed E-state index contributed by atoms with van der Waals surface area (Å²) in [6.07, 6.45) is 0. The predicted molar refractivity (Wildman–Crippen MR) is 192 cm³/mol. The van der Waals surface area contributed by atoms with E-state index in [9.17, 15) is 0 Å². The summed E-state index contributed by atoms with van der Waals surface area (Å²) in [7, 11) is 0. The summed E-state index contributed by atoms with van der Waals surface area (Å²) in [5.41, 5.74) is 9.58. The third-order valence-corrected chi connectivity index (χ3v) is 8.69. The van der Waals surface area contributed by atoms with E-state index in [0.717, 1.165) is 66.6 Å². The lowest BCUT2D eigenvalue weighted by Crippen LogP contribution is -1.96. The number of oxazole rings is 1. The molecule has 2 heterocycles. The van der Waals surface area contributed by atoms with E-state index in [1.165, 1.54) is 10.8 Å². The summed E-state index contributed by atoms with van der Waals surface area (Å²) in [4.78, 5) is 15.0. The lowest BCUT2D eigenvalue weighted by Gasteiger charge is -2.11. The van der Waals surface area contributed by atoms with Gasteiger partial charge in [-0.25, -0.2) is 15.0 Å². The van der Waals surface area contributed by atoms with Gasteiger partial charge in [0.1, 0.15) is 5.52 Å². The first kappa shape index (κ1) is 27.0. The van der Waals surface area contributed by atoms with Crippen LogP contribution in [0.25, 0.3) is 89.1 Å². The van der Waals surface area contributed by atoms with Crippen molar-refractivity contribution in [1.82, 2.24) is 15.0 Å². The van der Waals surface area contributed by atoms with Crippen LogP contribution in [0.15, 0.2) is 168 Å². The zero-order valence-corrected chi connectivity index (χ0v) is 25.3. The van der Waals surface area contributed by atoms with Crippen LogP contribution in [0.4, 0.5) is 0 Å². The Morgan fingerprint density at radius 3 is 1.81 bits per heavy atom. The van der Waals surface area contributed by atoms with Crippen molar-refractivity contribution in [3.63, 3.8) is 0 Å². The molecule has 0 N–H and O–H groups in total. The van der Waals surface area contributed by atoms with E-state index in [1.807, 2.05) is 54.6 Å². The van der Waals surface area contributed by atoms with Crippen molar-refractivity contribution < 1.29 is 4.42 Å². The topological polar surface area (TPSA) is 51.8 Å². The Hall–Kier alpha value is -6.39. The van der Waals surface area contributed by atoms with Crippen LogP contribution in [0.2, 0.25) is 0 Å². The minimum atomic E-state index is 0.623. The summed E-state index contributed by atoms with van der Waals surface area (Å²) in [5.74, 6) is 1.31. The maximum atomic E-state index is 6.36. The van der Waals surface area contributed by atoms with Crippen LogP contribution < -0.4 is 0 Å². The van der Waals surface area contributed by atoms with Crippen molar-refractivity contribution >= 4 is 32.6 Å². The average Bonchev–Trinajstić information content (AvgIpc) is 3.60. The minimum absolute atomic E-state index is 0.623. The van der Waals surface area contributed by atoms with Gasteiger partial charge >= 0.3 is 0 Å². The van der Waals surface area contributed by atoms with Gasteiger partial charge in [0.25, 0.3) is 0 Å². The van der Waals surface area contributed by atoms with Gasteiger partial charge in [0, 0.05) is 27.6 Å². The maximum absolute atomic E-state index is 6.36. The highest BCUT2D eigenvalue weighted by Crippen LogP contribution is 2.35. The molecule has 9 aromatic rings. The molecule has 9 rings (SSSR count). The Bertz CT molecular complexity index is 2570. The number of nitrogens with zero attached hydrogens (tertiary/aromatic N) is 3. The molecule has 0 radical (unpaired) electrons. The molecule has 47 heavy (non-hydrogen) atoms. The molecule has 4 heteroatoms. The summed E-state index contributed by atoms with van der Waals surface area (Å²) in [5, 5.41) is 4.52. The Kier molecular flexibility index (Phi) is 6.43. The highest BCUT2D eigenvalue weighted by Gasteiger charge is 2.14. The lowest BCUT2D eigenvalue weighted by atomic mass is 9.98. The molecule has 0 amide bonds. The number of aromatic nitrogens is 3. The lowest BCUT2D eigenvalue weighted by molar-refractivity contribution is 0.623. The molecule has 4 nitrogen and oxygen atoms in total. The normalized spacial score (nSPS) is 11.4. The van der Waals surface area contributed by atoms with Crippen molar-refractivity contribution in [3.05, 3.63) is 164 Å². The fraction of sp³-hybridized carbons (Fsp3) is 0. The molecule has 0 saturated heterocycles. The van der Waals surface area contributed by atoms with Crippen LogP contribution in [-0.2, 0) is 0 Å². The summed E-state index contributed by atoms with van der Waals surface area (Å²) >= 11 is 0. The molecule has 0 atom stereocenters. The van der Waals surface area contributed by atoms with E-state index in [0.29, 0.717) is 11.7 Å². The van der Waals surface area contributed by atoms with Crippen molar-refractivity contribution in [1.29, 1.82) is 0 Å². The second-order valence-corrected chi connectivity index (χ2v) is 11.7. The molecule has 0 aliphatic heterocycles. The molecule has 7 aromatic carbocycles. The van der Waals surface area contributed by atoms with E-state index < -0.39 is 0 Å². The summed E-state index contributed by atoms with van der Waals surface area (Å²) < 4.78 is 6.36. The number of benzene rings is 7. The number of hydrogen-bond donors (Lipinski definition) is 0. The SMILES string of the molecule is c1ccc(-c2cc(-c3ccc4ccccc4c3)nc(-c3cccc(-c4ccc5ccc6nc(-c7ccccc7)oc6c5c4)c3)n2)cc1. The molecular weight excluding hydrogens is 574 g/mol. The smallest absolute Gasteiger partial charge is 0.227 e. The number of fused-ring (bicyclic) bond motifs is 4. The van der Waals surface area contributed by atoms with E-state index >= 15 is 0 Å². The fourth-order valence-electron chi connectivity index (χ4n) is 6.26. The Morgan fingerprint density at radius 2 is 0.979 bits per heavy atom. The molecule has 0 aliphatic rings. The molecule has 0 unspecified atom stereocenters. The standard InChI is InChI=1S/C43H27N3O/c1-3-11-30(12-4-1)39-27-40(35-21-18-28-10-7-8-15-32(28)24-35)45-42(44-39)36-17-9-16-33(25-36)34-20-19-29-22-23-38-41(37(29)26-34)47-43(46-38)31-13-5-2-6-14-31/h1-27H. The number of rotatable bonds is 5. The van der Waals surface area contributed by atoms with Crippen LogP contribution in [0, 0.1) is 0 Å². The van der Waals surface area contributed by atoms with Crippen LogP contribution in [-0.4, -0.2) is 15.0 Å². The van der Waals surface area contributed by atoms with E-state index in [-0.39, 0.29) is 0 Å². The summed E-state index contributed by atoms with van der Waals surface area (Å²) in [6.45, 7) is 0. The Labute approximate surface area is 271 Å².